The Labute approximate surface area is 122 Å². The Morgan fingerprint density at radius 1 is 1.60 bits per heavy atom. The standard InChI is InChI=1S/C13H20N4O2S/c1-2-11-9-16(5-6-20-11)8-10-3-4-12(15-14)13(7-10)17(18)19/h3-4,7,11,15H,2,5-6,8-9,14H2,1H3. The van der Waals surface area contributed by atoms with E-state index in [1.165, 1.54) is 0 Å². The lowest BCUT2D eigenvalue weighted by Gasteiger charge is -2.31. The highest BCUT2D eigenvalue weighted by molar-refractivity contribution is 8.00. The van der Waals surface area contributed by atoms with Gasteiger partial charge in [-0.15, -0.1) is 0 Å². The second kappa shape index (κ2) is 6.92. The zero-order chi connectivity index (χ0) is 14.5. The first kappa shape index (κ1) is 15.1. The lowest BCUT2D eigenvalue weighted by Crippen LogP contribution is -2.37. The number of benzene rings is 1. The van der Waals surface area contributed by atoms with Crippen LogP contribution in [0.5, 0.6) is 0 Å². The van der Waals surface area contributed by atoms with Gasteiger partial charge in [0.2, 0.25) is 0 Å². The number of nitro benzene ring substituents is 1. The molecule has 1 aromatic rings. The van der Waals surface area contributed by atoms with Gasteiger partial charge in [-0.2, -0.15) is 11.8 Å². The molecule has 1 aliphatic heterocycles. The number of nitrogen functional groups attached to an aromatic ring is 1. The first-order chi connectivity index (χ1) is 9.63. The van der Waals surface area contributed by atoms with Crippen LogP contribution in [0.3, 0.4) is 0 Å². The topological polar surface area (TPSA) is 84.4 Å². The molecule has 0 bridgehead atoms. The van der Waals surface area contributed by atoms with E-state index in [2.05, 4.69) is 17.2 Å². The fourth-order valence-corrected chi connectivity index (χ4v) is 3.63. The van der Waals surface area contributed by atoms with Crippen LogP contribution in [0, 0.1) is 10.1 Å². The third-order valence-corrected chi connectivity index (χ3v) is 4.87. The third-order valence-electron chi connectivity index (χ3n) is 3.50. The van der Waals surface area contributed by atoms with Crippen molar-refractivity contribution in [2.24, 2.45) is 5.84 Å². The number of anilines is 1. The van der Waals surface area contributed by atoms with Crippen molar-refractivity contribution in [1.29, 1.82) is 0 Å². The molecule has 1 aromatic carbocycles. The predicted octanol–water partition coefficient (Wildman–Crippen LogP) is 2.21. The highest BCUT2D eigenvalue weighted by atomic mass is 32.2. The molecule has 6 nitrogen and oxygen atoms in total. The van der Waals surface area contributed by atoms with Gasteiger partial charge in [-0.3, -0.25) is 20.9 Å². The van der Waals surface area contributed by atoms with Gasteiger partial charge < -0.3 is 5.43 Å². The summed E-state index contributed by atoms with van der Waals surface area (Å²) in [7, 11) is 0. The summed E-state index contributed by atoms with van der Waals surface area (Å²) in [6.07, 6.45) is 1.16. The molecule has 3 N–H and O–H groups in total. The van der Waals surface area contributed by atoms with E-state index in [0.29, 0.717) is 10.9 Å². The maximum absolute atomic E-state index is 11.0. The molecule has 1 aliphatic rings. The Morgan fingerprint density at radius 2 is 2.40 bits per heavy atom. The monoisotopic (exact) mass is 296 g/mol. The number of hydrazine groups is 1. The summed E-state index contributed by atoms with van der Waals surface area (Å²) in [5, 5.41) is 11.7. The number of nitrogens with zero attached hydrogens (tertiary/aromatic N) is 2. The lowest BCUT2D eigenvalue weighted by molar-refractivity contribution is -0.384. The molecule has 0 saturated carbocycles. The number of nitro groups is 1. The van der Waals surface area contributed by atoms with Crippen LogP contribution in [-0.2, 0) is 6.54 Å². The first-order valence-electron chi connectivity index (χ1n) is 6.72. The van der Waals surface area contributed by atoms with E-state index in [9.17, 15) is 10.1 Å². The molecule has 1 atom stereocenters. The third kappa shape index (κ3) is 3.62. The van der Waals surface area contributed by atoms with Crippen molar-refractivity contribution in [3.05, 3.63) is 33.9 Å². The minimum atomic E-state index is -0.403. The second-order valence-electron chi connectivity index (χ2n) is 4.89. The van der Waals surface area contributed by atoms with E-state index in [1.54, 1.807) is 12.1 Å². The van der Waals surface area contributed by atoms with Crippen molar-refractivity contribution in [2.75, 3.05) is 24.3 Å². The normalized spacial score (nSPS) is 19.8. The van der Waals surface area contributed by atoms with Crippen LogP contribution in [0.15, 0.2) is 18.2 Å². The molecule has 1 saturated heterocycles. The Kier molecular flexibility index (Phi) is 5.22. The van der Waals surface area contributed by atoms with Crippen molar-refractivity contribution >= 4 is 23.1 Å². The molecule has 2 rings (SSSR count). The molecule has 0 aliphatic carbocycles. The number of nitrogens with one attached hydrogen (secondary N) is 1. The second-order valence-corrected chi connectivity index (χ2v) is 6.30. The van der Waals surface area contributed by atoms with Gasteiger partial charge in [0.15, 0.2) is 0 Å². The fourth-order valence-electron chi connectivity index (χ4n) is 2.38. The maximum atomic E-state index is 11.0. The largest absolute Gasteiger partial charge is 0.318 e. The van der Waals surface area contributed by atoms with Crippen LogP contribution < -0.4 is 11.3 Å². The summed E-state index contributed by atoms with van der Waals surface area (Å²) in [6.45, 7) is 5.04. The average molecular weight is 296 g/mol. The number of rotatable bonds is 5. The molecule has 0 aromatic heterocycles. The average Bonchev–Trinajstić information content (AvgIpc) is 2.47. The summed E-state index contributed by atoms with van der Waals surface area (Å²) in [4.78, 5) is 13.0. The Bertz CT molecular complexity index is 483. The van der Waals surface area contributed by atoms with E-state index >= 15 is 0 Å². The predicted molar refractivity (Wildman–Crippen MR) is 82.7 cm³/mol. The smallest absolute Gasteiger partial charge is 0.293 e. The molecule has 20 heavy (non-hydrogen) atoms. The summed E-state index contributed by atoms with van der Waals surface area (Å²) in [5.41, 5.74) is 3.70. The van der Waals surface area contributed by atoms with Crippen molar-refractivity contribution in [3.63, 3.8) is 0 Å². The molecule has 0 radical (unpaired) electrons. The van der Waals surface area contributed by atoms with Gasteiger partial charge in [-0.05, 0) is 18.1 Å². The summed E-state index contributed by atoms with van der Waals surface area (Å²) < 4.78 is 0. The molecular formula is C13H20N4O2S. The minimum absolute atomic E-state index is 0.0309. The number of thioether (sulfide) groups is 1. The highest BCUT2D eigenvalue weighted by Crippen LogP contribution is 2.27. The van der Waals surface area contributed by atoms with Crippen LogP contribution in [-0.4, -0.2) is 33.9 Å². The van der Waals surface area contributed by atoms with Crippen molar-refractivity contribution in [2.45, 2.75) is 25.1 Å². The quantitative estimate of drug-likeness (QED) is 0.492. The molecular weight excluding hydrogens is 276 g/mol. The summed E-state index contributed by atoms with van der Waals surface area (Å²) in [5.74, 6) is 6.42. The van der Waals surface area contributed by atoms with Gasteiger partial charge in [0.1, 0.15) is 5.69 Å². The molecule has 110 valence electrons. The van der Waals surface area contributed by atoms with Gasteiger partial charge in [0, 0.05) is 36.7 Å². The van der Waals surface area contributed by atoms with Crippen LogP contribution in [0.4, 0.5) is 11.4 Å². The molecule has 1 heterocycles. The van der Waals surface area contributed by atoms with Crippen LogP contribution >= 0.6 is 11.8 Å². The van der Waals surface area contributed by atoms with Crippen molar-refractivity contribution < 1.29 is 4.92 Å². The Balaban J connectivity index is 2.09. The molecule has 1 unspecified atom stereocenters. The van der Waals surface area contributed by atoms with Crippen molar-refractivity contribution in [3.8, 4) is 0 Å². The van der Waals surface area contributed by atoms with E-state index in [0.717, 1.165) is 37.4 Å². The molecule has 0 amide bonds. The van der Waals surface area contributed by atoms with Crippen LogP contribution in [0.25, 0.3) is 0 Å². The molecule has 0 spiro atoms. The van der Waals surface area contributed by atoms with Crippen LogP contribution in [0.1, 0.15) is 18.9 Å². The number of nitrogens with two attached hydrogens (primary N) is 1. The molecule has 7 heteroatoms. The van der Waals surface area contributed by atoms with E-state index in [1.807, 2.05) is 17.8 Å². The van der Waals surface area contributed by atoms with Gasteiger partial charge >= 0.3 is 0 Å². The van der Waals surface area contributed by atoms with Crippen molar-refractivity contribution in [1.82, 2.24) is 4.90 Å². The van der Waals surface area contributed by atoms with E-state index in [4.69, 9.17) is 5.84 Å². The highest BCUT2D eigenvalue weighted by Gasteiger charge is 2.20. The maximum Gasteiger partial charge on any atom is 0.293 e. The minimum Gasteiger partial charge on any atom is -0.318 e. The van der Waals surface area contributed by atoms with Gasteiger partial charge in [0.25, 0.3) is 5.69 Å². The number of hydrogen-bond acceptors (Lipinski definition) is 6. The van der Waals surface area contributed by atoms with E-state index < -0.39 is 4.92 Å². The van der Waals surface area contributed by atoms with Gasteiger partial charge in [-0.1, -0.05) is 13.0 Å². The fraction of sp³-hybridized carbons (Fsp3) is 0.538. The lowest BCUT2D eigenvalue weighted by atomic mass is 10.1. The zero-order valence-electron chi connectivity index (χ0n) is 11.5. The molecule has 1 fully saturated rings. The Morgan fingerprint density at radius 3 is 3.05 bits per heavy atom. The van der Waals surface area contributed by atoms with Gasteiger partial charge in [0.05, 0.1) is 4.92 Å². The van der Waals surface area contributed by atoms with Gasteiger partial charge in [-0.25, -0.2) is 0 Å². The first-order valence-corrected chi connectivity index (χ1v) is 7.76. The Hall–Kier alpha value is -1.31. The summed E-state index contributed by atoms with van der Waals surface area (Å²) in [6, 6.07) is 5.17. The SMILES string of the molecule is CCC1CN(Cc2ccc(NN)c([N+](=O)[O-])c2)CCS1. The van der Waals surface area contributed by atoms with Crippen LogP contribution in [0.2, 0.25) is 0 Å². The number of hydrogen-bond donors (Lipinski definition) is 2. The zero-order valence-corrected chi connectivity index (χ0v) is 12.4. The summed E-state index contributed by atoms with van der Waals surface area (Å²) >= 11 is 2.02. The van der Waals surface area contributed by atoms with E-state index in [-0.39, 0.29) is 5.69 Å².